The summed E-state index contributed by atoms with van der Waals surface area (Å²) in [6, 6.07) is 11.3. The maximum absolute atomic E-state index is 12.5. The van der Waals surface area contributed by atoms with Crippen molar-refractivity contribution in [3.05, 3.63) is 53.7 Å². The van der Waals surface area contributed by atoms with E-state index in [9.17, 15) is 10.1 Å². The number of para-hydroxylation sites is 1. The Morgan fingerprint density at radius 3 is 2.79 bits per heavy atom. The van der Waals surface area contributed by atoms with Crippen LogP contribution in [0.2, 0.25) is 0 Å². The maximum Gasteiger partial charge on any atom is 0.246 e. The topological polar surface area (TPSA) is 88.8 Å². The van der Waals surface area contributed by atoms with Crippen LogP contribution < -0.4 is 14.7 Å². The molecule has 0 N–H and O–H groups in total. The molecule has 0 spiro atoms. The summed E-state index contributed by atoms with van der Waals surface area (Å²) in [6.07, 6.45) is 5.81. The Labute approximate surface area is 224 Å². The first kappa shape index (κ1) is 24.7. The molecule has 4 heterocycles. The third-order valence-electron chi connectivity index (χ3n) is 8.61. The second-order valence-corrected chi connectivity index (χ2v) is 10.7. The molecule has 2 aromatic rings. The third-order valence-corrected chi connectivity index (χ3v) is 8.61. The van der Waals surface area contributed by atoms with Gasteiger partial charge in [-0.2, -0.15) is 10.2 Å². The number of benzene rings is 1. The predicted octanol–water partition coefficient (Wildman–Crippen LogP) is 2.35. The zero-order valence-corrected chi connectivity index (χ0v) is 22.1. The molecular formula is C29H35N7O2. The SMILES string of the molecule is C=CC(=O)N1CCN(c2nc(N3CC(OC)C3)nc3c2CCC(N2CCc4ccccc42)C3)CC1CC#N. The molecule has 9 heteroatoms. The summed E-state index contributed by atoms with van der Waals surface area (Å²) in [4.78, 5) is 31.5. The molecule has 1 amide bonds. The minimum absolute atomic E-state index is 0.116. The van der Waals surface area contributed by atoms with Crippen LogP contribution in [0, 0.1) is 11.3 Å². The summed E-state index contributed by atoms with van der Waals surface area (Å²) in [7, 11) is 1.75. The van der Waals surface area contributed by atoms with E-state index >= 15 is 0 Å². The Bertz CT molecular complexity index is 1270. The zero-order valence-electron chi connectivity index (χ0n) is 22.1. The number of amides is 1. The molecule has 198 valence electrons. The lowest BCUT2D eigenvalue weighted by atomic mass is 9.90. The van der Waals surface area contributed by atoms with Gasteiger partial charge in [-0.25, -0.2) is 4.98 Å². The maximum atomic E-state index is 12.5. The first-order chi connectivity index (χ1) is 18.6. The molecule has 4 aliphatic rings. The second kappa shape index (κ2) is 10.3. The van der Waals surface area contributed by atoms with E-state index in [0.717, 1.165) is 62.8 Å². The van der Waals surface area contributed by atoms with E-state index in [-0.39, 0.29) is 24.5 Å². The lowest BCUT2D eigenvalue weighted by Gasteiger charge is -2.43. The number of rotatable bonds is 6. The number of hydrogen-bond donors (Lipinski definition) is 0. The van der Waals surface area contributed by atoms with E-state index < -0.39 is 0 Å². The average molecular weight is 514 g/mol. The van der Waals surface area contributed by atoms with Gasteiger partial charge in [0.1, 0.15) is 5.82 Å². The molecule has 1 aliphatic carbocycles. The van der Waals surface area contributed by atoms with Gasteiger partial charge in [-0.1, -0.05) is 24.8 Å². The first-order valence-corrected chi connectivity index (χ1v) is 13.7. The average Bonchev–Trinajstić information content (AvgIpc) is 3.36. The lowest BCUT2D eigenvalue weighted by Crippen LogP contribution is -2.56. The third kappa shape index (κ3) is 4.37. The van der Waals surface area contributed by atoms with Gasteiger partial charge in [-0.3, -0.25) is 4.79 Å². The summed E-state index contributed by atoms with van der Waals surface area (Å²) in [5.41, 5.74) is 5.15. The number of hydrogen-bond acceptors (Lipinski definition) is 8. The van der Waals surface area contributed by atoms with E-state index in [2.05, 4.69) is 51.6 Å². The Balaban J connectivity index is 1.31. The number of carbonyl (C=O) groups excluding carboxylic acids is 1. The molecule has 0 radical (unpaired) electrons. The molecule has 2 fully saturated rings. The number of nitriles is 1. The largest absolute Gasteiger partial charge is 0.378 e. The van der Waals surface area contributed by atoms with Crippen LogP contribution in [0.25, 0.3) is 0 Å². The lowest BCUT2D eigenvalue weighted by molar-refractivity contribution is -0.128. The van der Waals surface area contributed by atoms with E-state index in [4.69, 9.17) is 14.7 Å². The Morgan fingerprint density at radius 1 is 1.16 bits per heavy atom. The Hall–Kier alpha value is -3.64. The summed E-state index contributed by atoms with van der Waals surface area (Å²) in [5.74, 6) is 1.62. The fourth-order valence-electron chi connectivity index (χ4n) is 6.46. The normalized spacial score (nSPS) is 22.9. The predicted molar refractivity (Wildman–Crippen MR) is 146 cm³/mol. The van der Waals surface area contributed by atoms with E-state index in [1.165, 1.54) is 22.9 Å². The van der Waals surface area contributed by atoms with Crippen LogP contribution in [0.3, 0.4) is 0 Å². The molecule has 9 nitrogen and oxygen atoms in total. The highest BCUT2D eigenvalue weighted by molar-refractivity contribution is 5.87. The van der Waals surface area contributed by atoms with Crippen molar-refractivity contribution in [3.8, 4) is 6.07 Å². The molecule has 2 unspecified atom stereocenters. The molecular weight excluding hydrogens is 478 g/mol. The highest BCUT2D eigenvalue weighted by Gasteiger charge is 2.37. The van der Waals surface area contributed by atoms with Crippen molar-refractivity contribution in [2.24, 2.45) is 0 Å². The highest BCUT2D eigenvalue weighted by atomic mass is 16.5. The van der Waals surface area contributed by atoms with Crippen LogP contribution >= 0.6 is 0 Å². The van der Waals surface area contributed by atoms with Crippen molar-refractivity contribution in [2.45, 2.75) is 50.3 Å². The van der Waals surface area contributed by atoms with E-state index in [1.807, 2.05) is 0 Å². The first-order valence-electron chi connectivity index (χ1n) is 13.7. The fourth-order valence-corrected chi connectivity index (χ4v) is 6.46. The number of methoxy groups -OCH3 is 1. The molecule has 2 saturated heterocycles. The zero-order chi connectivity index (χ0) is 26.2. The van der Waals surface area contributed by atoms with Crippen LogP contribution in [0.5, 0.6) is 0 Å². The number of fused-ring (bicyclic) bond motifs is 2. The summed E-state index contributed by atoms with van der Waals surface area (Å²) in [5, 5.41) is 9.47. The quantitative estimate of drug-likeness (QED) is 0.544. The van der Waals surface area contributed by atoms with E-state index in [1.54, 1.807) is 12.0 Å². The van der Waals surface area contributed by atoms with Gasteiger partial charge in [0.05, 0.1) is 30.3 Å². The summed E-state index contributed by atoms with van der Waals surface area (Å²) >= 11 is 0. The van der Waals surface area contributed by atoms with Gasteiger partial charge in [0.2, 0.25) is 11.9 Å². The Morgan fingerprint density at radius 2 is 2.00 bits per heavy atom. The number of aromatic nitrogens is 2. The van der Waals surface area contributed by atoms with Gasteiger partial charge in [0.15, 0.2) is 0 Å². The number of anilines is 3. The van der Waals surface area contributed by atoms with Gasteiger partial charge in [0.25, 0.3) is 0 Å². The number of carbonyl (C=O) groups is 1. The van der Waals surface area contributed by atoms with Crippen molar-refractivity contribution in [2.75, 3.05) is 61.1 Å². The van der Waals surface area contributed by atoms with Crippen molar-refractivity contribution in [1.29, 1.82) is 5.26 Å². The highest BCUT2D eigenvalue weighted by Crippen LogP contribution is 2.37. The van der Waals surface area contributed by atoms with E-state index in [0.29, 0.717) is 25.7 Å². The molecule has 0 bridgehead atoms. The van der Waals surface area contributed by atoms with Gasteiger partial charge in [-0.05, 0) is 37.0 Å². The minimum Gasteiger partial charge on any atom is -0.378 e. The monoisotopic (exact) mass is 513 g/mol. The molecule has 38 heavy (non-hydrogen) atoms. The molecule has 1 aromatic carbocycles. The summed E-state index contributed by atoms with van der Waals surface area (Å²) < 4.78 is 5.51. The van der Waals surface area contributed by atoms with Gasteiger partial charge < -0.3 is 24.3 Å². The second-order valence-electron chi connectivity index (χ2n) is 10.7. The van der Waals surface area contributed by atoms with Crippen molar-refractivity contribution in [1.82, 2.24) is 14.9 Å². The van der Waals surface area contributed by atoms with Crippen LogP contribution in [0.15, 0.2) is 36.9 Å². The smallest absolute Gasteiger partial charge is 0.246 e. The molecule has 0 saturated carbocycles. The molecule has 1 aromatic heterocycles. The van der Waals surface area contributed by atoms with Crippen LogP contribution in [-0.4, -0.2) is 85.3 Å². The van der Waals surface area contributed by atoms with Crippen LogP contribution in [0.4, 0.5) is 17.5 Å². The van der Waals surface area contributed by atoms with Gasteiger partial charge >= 0.3 is 0 Å². The standard InChI is InChI=1S/C29H35N7O2/c1-3-27(37)36-15-14-33(17-22(36)10-12-30)28-24-9-8-21(35-13-11-20-6-4-5-7-26(20)35)16-25(24)31-29(32-28)34-18-23(19-34)38-2/h3-7,21-23H,1,8-11,13-19H2,2H3. The van der Waals surface area contributed by atoms with Crippen LogP contribution in [0.1, 0.15) is 29.7 Å². The van der Waals surface area contributed by atoms with Crippen molar-refractivity contribution >= 4 is 23.4 Å². The van der Waals surface area contributed by atoms with Crippen LogP contribution in [-0.2, 0) is 28.8 Å². The van der Waals surface area contributed by atoms with Crippen molar-refractivity contribution < 1.29 is 9.53 Å². The Kier molecular flexibility index (Phi) is 6.66. The fraction of sp³-hybridized carbons (Fsp3) is 0.517. The van der Waals surface area contributed by atoms with Gasteiger partial charge in [0, 0.05) is 70.1 Å². The van der Waals surface area contributed by atoms with Crippen molar-refractivity contribution in [3.63, 3.8) is 0 Å². The minimum atomic E-state index is -0.187. The number of nitrogens with zero attached hydrogens (tertiary/aromatic N) is 7. The summed E-state index contributed by atoms with van der Waals surface area (Å²) in [6.45, 7) is 8.09. The van der Waals surface area contributed by atoms with Gasteiger partial charge in [-0.15, -0.1) is 0 Å². The molecule has 6 rings (SSSR count). The number of ether oxygens (including phenoxy) is 1. The molecule has 2 atom stereocenters. The molecule has 3 aliphatic heterocycles. The number of piperazine rings is 1.